The molecule has 0 aliphatic rings. The lowest BCUT2D eigenvalue weighted by molar-refractivity contribution is -0.136. The van der Waals surface area contributed by atoms with Crippen LogP contribution < -0.4 is 4.74 Å². The van der Waals surface area contributed by atoms with Crippen molar-refractivity contribution in [2.24, 2.45) is 0 Å². The molecule has 0 saturated heterocycles. The van der Waals surface area contributed by atoms with Gasteiger partial charge in [-0.2, -0.15) is 5.26 Å². The second-order valence-electron chi connectivity index (χ2n) is 3.07. The Hall–Kier alpha value is -2.23. The van der Waals surface area contributed by atoms with Gasteiger partial charge in [-0.3, -0.25) is 4.79 Å². The van der Waals surface area contributed by atoms with Crippen LogP contribution in [0.3, 0.4) is 0 Å². The second-order valence-corrected chi connectivity index (χ2v) is 3.07. The summed E-state index contributed by atoms with van der Waals surface area (Å²) in [6.07, 6.45) is -3.54. The van der Waals surface area contributed by atoms with E-state index in [9.17, 15) is 13.6 Å². The van der Waals surface area contributed by atoms with E-state index in [4.69, 9.17) is 10.4 Å². The van der Waals surface area contributed by atoms with Crippen molar-refractivity contribution in [3.8, 4) is 11.9 Å². The Kier molecular flexibility index (Phi) is 3.93. The van der Waals surface area contributed by atoms with E-state index < -0.39 is 24.5 Å². The van der Waals surface area contributed by atoms with Crippen molar-refractivity contribution in [1.29, 1.82) is 5.26 Å². The van der Waals surface area contributed by atoms with Gasteiger partial charge in [-0.15, -0.1) is 0 Å². The first-order valence-electron chi connectivity index (χ1n) is 4.47. The first-order valence-corrected chi connectivity index (χ1v) is 4.47. The van der Waals surface area contributed by atoms with Crippen LogP contribution in [0.1, 0.15) is 23.2 Å². The van der Waals surface area contributed by atoms with Gasteiger partial charge in [-0.25, -0.2) is 13.8 Å². The Labute approximate surface area is 95.3 Å². The highest BCUT2D eigenvalue weighted by atomic mass is 19.3. The van der Waals surface area contributed by atoms with E-state index in [1.54, 1.807) is 6.07 Å². The van der Waals surface area contributed by atoms with Gasteiger partial charge in [-0.05, 0) is 11.6 Å². The number of aliphatic carboxylic acids is 1. The third kappa shape index (κ3) is 2.87. The number of carbonyl (C=O) groups is 1. The number of hydrogen-bond donors (Lipinski definition) is 1. The summed E-state index contributed by atoms with van der Waals surface area (Å²) in [6.45, 7) is 0. The first kappa shape index (κ1) is 12.8. The van der Waals surface area contributed by atoms with E-state index in [1.807, 2.05) is 0 Å². The highest BCUT2D eigenvalue weighted by Gasteiger charge is 2.20. The third-order valence-corrected chi connectivity index (χ3v) is 1.96. The molecule has 1 N–H and O–H groups in total. The number of nitriles is 1. The number of carboxylic acid groups (broad SMARTS) is 1. The van der Waals surface area contributed by atoms with Gasteiger partial charge in [0.15, 0.2) is 0 Å². The highest BCUT2D eigenvalue weighted by Crippen LogP contribution is 2.26. The molecule has 0 aliphatic carbocycles. The van der Waals surface area contributed by atoms with Gasteiger partial charge in [0.2, 0.25) is 5.88 Å². The average Bonchev–Trinajstić information content (AvgIpc) is 2.27. The summed E-state index contributed by atoms with van der Waals surface area (Å²) in [4.78, 5) is 14.0. The molecule has 90 valence electrons. The van der Waals surface area contributed by atoms with Crippen molar-refractivity contribution in [1.82, 2.24) is 4.98 Å². The molecular weight excluding hydrogens is 234 g/mol. The Morgan fingerprint density at radius 3 is 2.76 bits per heavy atom. The van der Waals surface area contributed by atoms with Gasteiger partial charge in [0.05, 0.1) is 13.5 Å². The number of pyridine rings is 1. The van der Waals surface area contributed by atoms with Gasteiger partial charge in [0, 0.05) is 0 Å². The van der Waals surface area contributed by atoms with E-state index in [1.165, 1.54) is 7.11 Å². The van der Waals surface area contributed by atoms with Crippen molar-refractivity contribution in [3.63, 3.8) is 0 Å². The Bertz CT molecular complexity index is 483. The van der Waals surface area contributed by atoms with Crippen LogP contribution in [0.5, 0.6) is 5.88 Å². The molecule has 1 rings (SSSR count). The Morgan fingerprint density at radius 2 is 2.35 bits per heavy atom. The number of aromatic nitrogens is 1. The van der Waals surface area contributed by atoms with E-state index in [2.05, 4.69) is 9.72 Å². The van der Waals surface area contributed by atoms with E-state index in [0.717, 1.165) is 6.07 Å². The third-order valence-electron chi connectivity index (χ3n) is 1.96. The molecule has 1 aromatic heterocycles. The maximum absolute atomic E-state index is 12.6. The standard InChI is InChI=1S/C10H8F2N2O3/c1-17-10-6(4-13)2-5(3-7(15)16)8(14-10)9(11)12/h2,9H,3H2,1H3,(H,15,16). The molecular formula is C10H8F2N2O3. The fraction of sp³-hybridized carbons (Fsp3) is 0.300. The zero-order chi connectivity index (χ0) is 13.0. The molecule has 0 atom stereocenters. The predicted molar refractivity (Wildman–Crippen MR) is 51.8 cm³/mol. The van der Waals surface area contributed by atoms with Crippen LogP contribution in [0.25, 0.3) is 0 Å². The summed E-state index contributed by atoms with van der Waals surface area (Å²) in [7, 11) is 1.19. The quantitative estimate of drug-likeness (QED) is 0.865. The van der Waals surface area contributed by atoms with Crippen molar-refractivity contribution >= 4 is 5.97 Å². The normalized spacial score (nSPS) is 10.1. The Morgan fingerprint density at radius 1 is 1.71 bits per heavy atom. The van der Waals surface area contributed by atoms with Gasteiger partial charge in [0.25, 0.3) is 6.43 Å². The first-order chi connectivity index (χ1) is 7.99. The van der Waals surface area contributed by atoms with Crippen molar-refractivity contribution in [3.05, 3.63) is 22.9 Å². The van der Waals surface area contributed by atoms with Crippen LogP contribution in [-0.2, 0) is 11.2 Å². The molecule has 0 amide bonds. The molecule has 0 spiro atoms. The lowest BCUT2D eigenvalue weighted by Crippen LogP contribution is -2.08. The number of ether oxygens (including phenoxy) is 1. The molecule has 0 fully saturated rings. The minimum absolute atomic E-state index is 0.0758. The van der Waals surface area contributed by atoms with Crippen molar-refractivity contribution in [2.45, 2.75) is 12.8 Å². The van der Waals surface area contributed by atoms with Crippen LogP contribution in [-0.4, -0.2) is 23.2 Å². The van der Waals surface area contributed by atoms with Gasteiger partial charge < -0.3 is 9.84 Å². The fourth-order valence-electron chi connectivity index (χ4n) is 1.28. The largest absolute Gasteiger partial charge is 0.481 e. The molecule has 5 nitrogen and oxygen atoms in total. The van der Waals surface area contributed by atoms with Crippen molar-refractivity contribution in [2.75, 3.05) is 7.11 Å². The smallest absolute Gasteiger partial charge is 0.307 e. The number of nitrogens with zero attached hydrogens (tertiary/aromatic N) is 2. The molecule has 1 heterocycles. The van der Waals surface area contributed by atoms with Crippen LogP contribution in [0, 0.1) is 11.3 Å². The van der Waals surface area contributed by atoms with Gasteiger partial charge in [-0.1, -0.05) is 0 Å². The summed E-state index contributed by atoms with van der Waals surface area (Å²) in [5.41, 5.74) is -0.943. The highest BCUT2D eigenvalue weighted by molar-refractivity contribution is 5.71. The minimum Gasteiger partial charge on any atom is -0.481 e. The van der Waals surface area contributed by atoms with E-state index >= 15 is 0 Å². The van der Waals surface area contributed by atoms with E-state index in [0.29, 0.717) is 0 Å². The maximum atomic E-state index is 12.6. The molecule has 1 aromatic rings. The predicted octanol–water partition coefficient (Wildman–Crippen LogP) is 1.53. The van der Waals surface area contributed by atoms with Crippen LogP contribution in [0.15, 0.2) is 6.07 Å². The number of alkyl halides is 2. The van der Waals surface area contributed by atoms with Crippen LogP contribution >= 0.6 is 0 Å². The van der Waals surface area contributed by atoms with Crippen LogP contribution in [0.4, 0.5) is 8.78 Å². The number of methoxy groups -OCH3 is 1. The number of hydrogen-bond acceptors (Lipinski definition) is 4. The summed E-state index contributed by atoms with van der Waals surface area (Å²) < 4.78 is 29.9. The molecule has 0 radical (unpaired) electrons. The lowest BCUT2D eigenvalue weighted by atomic mass is 10.1. The molecule has 0 saturated carbocycles. The fourth-order valence-corrected chi connectivity index (χ4v) is 1.28. The SMILES string of the molecule is COc1nc(C(F)F)c(CC(=O)O)cc1C#N. The van der Waals surface area contributed by atoms with E-state index in [-0.39, 0.29) is 17.0 Å². The molecule has 0 aliphatic heterocycles. The topological polar surface area (TPSA) is 83.2 Å². The summed E-state index contributed by atoms with van der Waals surface area (Å²) in [6, 6.07) is 2.76. The molecule has 7 heteroatoms. The maximum Gasteiger partial charge on any atom is 0.307 e. The molecule has 17 heavy (non-hydrogen) atoms. The average molecular weight is 242 g/mol. The van der Waals surface area contributed by atoms with Gasteiger partial charge in [0.1, 0.15) is 17.3 Å². The number of carboxylic acids is 1. The van der Waals surface area contributed by atoms with Crippen molar-refractivity contribution < 1.29 is 23.4 Å². The summed E-state index contributed by atoms with van der Waals surface area (Å²) in [5.74, 6) is -1.51. The molecule has 0 bridgehead atoms. The zero-order valence-electron chi connectivity index (χ0n) is 8.78. The molecule has 0 aromatic carbocycles. The summed E-state index contributed by atoms with van der Waals surface area (Å²) in [5, 5.41) is 17.3. The zero-order valence-corrected chi connectivity index (χ0v) is 8.78. The van der Waals surface area contributed by atoms with Gasteiger partial charge >= 0.3 is 5.97 Å². The number of rotatable bonds is 4. The Balaban J connectivity index is 3.36. The monoisotopic (exact) mass is 242 g/mol. The van der Waals surface area contributed by atoms with Crippen LogP contribution in [0.2, 0.25) is 0 Å². The molecule has 0 unspecified atom stereocenters. The summed E-state index contributed by atoms with van der Waals surface area (Å²) >= 11 is 0. The lowest BCUT2D eigenvalue weighted by Gasteiger charge is -2.09. The number of halogens is 2. The second kappa shape index (κ2) is 5.21. The minimum atomic E-state index is -2.93.